The predicted octanol–water partition coefficient (Wildman–Crippen LogP) is 4.04. The van der Waals surface area contributed by atoms with E-state index in [0.717, 1.165) is 48.7 Å². The number of hydrogen-bond acceptors (Lipinski definition) is 4. The highest BCUT2D eigenvalue weighted by molar-refractivity contribution is 8.14. The Bertz CT molecular complexity index is 585. The van der Waals surface area contributed by atoms with Crippen LogP contribution in [0.3, 0.4) is 0 Å². The summed E-state index contributed by atoms with van der Waals surface area (Å²) in [6.07, 6.45) is 3.89. The lowest BCUT2D eigenvalue weighted by molar-refractivity contribution is -0.125. The number of nitrogens with one attached hydrogen (secondary N) is 1. The summed E-state index contributed by atoms with van der Waals surface area (Å²) in [6.45, 7) is 4.44. The van der Waals surface area contributed by atoms with Crippen LogP contribution >= 0.6 is 11.8 Å². The highest BCUT2D eigenvalue weighted by atomic mass is 32.2. The standard InChI is InChI=1S/C18H24N2O3S/c1-3-5-6-14(4-2)17(22)19-15-9-7-13(8-10-15)11-20-16(21)12-24-18(20)23/h7-10,14H,3-6,11-12H2,1-2H3,(H,19,22). The number of unbranched alkanes of at least 4 members (excludes halogenated alkanes) is 1. The minimum absolute atomic E-state index is 0.0431. The number of benzene rings is 1. The molecule has 1 unspecified atom stereocenters. The third-order valence-electron chi connectivity index (χ3n) is 4.17. The fourth-order valence-electron chi connectivity index (χ4n) is 2.63. The zero-order valence-electron chi connectivity index (χ0n) is 14.2. The van der Waals surface area contributed by atoms with Gasteiger partial charge in [0.15, 0.2) is 0 Å². The predicted molar refractivity (Wildman–Crippen MR) is 96.8 cm³/mol. The second kappa shape index (κ2) is 8.87. The number of carbonyl (C=O) groups is 3. The Balaban J connectivity index is 1.93. The first kappa shape index (κ1) is 18.5. The first-order valence-corrected chi connectivity index (χ1v) is 9.40. The summed E-state index contributed by atoms with van der Waals surface area (Å²) >= 11 is 1.04. The Labute approximate surface area is 147 Å². The smallest absolute Gasteiger partial charge is 0.289 e. The van der Waals surface area contributed by atoms with Crippen LogP contribution in [0.2, 0.25) is 0 Å². The van der Waals surface area contributed by atoms with E-state index in [0.29, 0.717) is 0 Å². The van der Waals surface area contributed by atoms with E-state index in [1.807, 2.05) is 31.2 Å². The van der Waals surface area contributed by atoms with Gasteiger partial charge in [0.2, 0.25) is 11.8 Å². The molecule has 1 atom stereocenters. The quantitative estimate of drug-likeness (QED) is 0.770. The zero-order valence-corrected chi connectivity index (χ0v) is 15.0. The molecule has 1 heterocycles. The molecule has 130 valence electrons. The molecule has 1 fully saturated rings. The maximum atomic E-state index is 12.3. The van der Waals surface area contributed by atoms with Crippen LogP contribution in [0.15, 0.2) is 24.3 Å². The number of hydrogen-bond donors (Lipinski definition) is 1. The summed E-state index contributed by atoms with van der Waals surface area (Å²) in [7, 11) is 0. The molecule has 24 heavy (non-hydrogen) atoms. The van der Waals surface area contributed by atoms with Gasteiger partial charge >= 0.3 is 0 Å². The molecule has 1 N–H and O–H groups in total. The summed E-state index contributed by atoms with van der Waals surface area (Å²) < 4.78 is 0. The van der Waals surface area contributed by atoms with Gasteiger partial charge in [-0.1, -0.05) is 50.6 Å². The number of anilines is 1. The van der Waals surface area contributed by atoms with Gasteiger partial charge in [-0.2, -0.15) is 0 Å². The largest absolute Gasteiger partial charge is 0.326 e. The zero-order chi connectivity index (χ0) is 17.5. The van der Waals surface area contributed by atoms with Crippen molar-refractivity contribution in [3.63, 3.8) is 0 Å². The molecule has 0 bridgehead atoms. The van der Waals surface area contributed by atoms with Gasteiger partial charge in [-0.3, -0.25) is 19.3 Å². The first-order chi connectivity index (χ1) is 11.5. The molecule has 0 aromatic heterocycles. The molecule has 0 radical (unpaired) electrons. The van der Waals surface area contributed by atoms with E-state index in [1.165, 1.54) is 4.90 Å². The molecule has 3 amide bonds. The molecule has 0 saturated carbocycles. The molecule has 1 saturated heterocycles. The van der Waals surface area contributed by atoms with Crippen LogP contribution in [0.4, 0.5) is 10.5 Å². The summed E-state index contributed by atoms with van der Waals surface area (Å²) in [5.41, 5.74) is 1.61. The molecule has 1 aliphatic rings. The monoisotopic (exact) mass is 348 g/mol. The third-order valence-corrected chi connectivity index (χ3v) is 5.03. The average Bonchev–Trinajstić information content (AvgIpc) is 2.89. The molecular formula is C18H24N2O3S. The minimum Gasteiger partial charge on any atom is -0.326 e. The summed E-state index contributed by atoms with van der Waals surface area (Å²) in [5, 5.41) is 2.75. The van der Waals surface area contributed by atoms with Crippen LogP contribution in [0.25, 0.3) is 0 Å². The van der Waals surface area contributed by atoms with Gasteiger partial charge in [-0.25, -0.2) is 0 Å². The van der Waals surface area contributed by atoms with Crippen molar-refractivity contribution in [1.29, 1.82) is 0 Å². The molecule has 6 heteroatoms. The van der Waals surface area contributed by atoms with Crippen LogP contribution in [-0.4, -0.2) is 27.7 Å². The van der Waals surface area contributed by atoms with Crippen molar-refractivity contribution in [1.82, 2.24) is 4.90 Å². The van der Waals surface area contributed by atoms with Crippen molar-refractivity contribution in [3.8, 4) is 0 Å². The highest BCUT2D eigenvalue weighted by Crippen LogP contribution is 2.22. The Hall–Kier alpha value is -1.82. The van der Waals surface area contributed by atoms with Gasteiger partial charge in [0.25, 0.3) is 5.24 Å². The average molecular weight is 348 g/mol. The first-order valence-electron chi connectivity index (χ1n) is 8.42. The highest BCUT2D eigenvalue weighted by Gasteiger charge is 2.29. The summed E-state index contributed by atoms with van der Waals surface area (Å²) in [4.78, 5) is 36.8. The lowest BCUT2D eigenvalue weighted by Crippen LogP contribution is -2.27. The van der Waals surface area contributed by atoms with E-state index in [4.69, 9.17) is 0 Å². The molecule has 1 aromatic carbocycles. The lowest BCUT2D eigenvalue weighted by Gasteiger charge is -2.16. The van der Waals surface area contributed by atoms with Gasteiger partial charge in [-0.05, 0) is 30.5 Å². The van der Waals surface area contributed by atoms with Crippen molar-refractivity contribution in [3.05, 3.63) is 29.8 Å². The number of thioether (sulfide) groups is 1. The summed E-state index contributed by atoms with van der Waals surface area (Å²) in [5.74, 6) is 0.175. The fourth-order valence-corrected chi connectivity index (χ4v) is 3.35. The Morgan fingerprint density at radius 1 is 1.25 bits per heavy atom. The van der Waals surface area contributed by atoms with Crippen LogP contribution in [-0.2, 0) is 16.1 Å². The van der Waals surface area contributed by atoms with Crippen molar-refractivity contribution in [2.45, 2.75) is 46.1 Å². The molecule has 1 aliphatic heterocycles. The number of carbonyl (C=O) groups excluding carboxylic acids is 3. The normalized spacial score (nSPS) is 15.7. The van der Waals surface area contributed by atoms with E-state index in [-0.39, 0.29) is 35.3 Å². The third kappa shape index (κ3) is 4.84. The lowest BCUT2D eigenvalue weighted by atomic mass is 9.98. The molecule has 5 nitrogen and oxygen atoms in total. The molecule has 0 spiro atoms. The SMILES string of the molecule is CCCCC(CC)C(=O)Nc1ccc(CN2C(=O)CSC2=O)cc1. The van der Waals surface area contributed by atoms with Gasteiger partial charge in [0, 0.05) is 11.6 Å². The van der Waals surface area contributed by atoms with Crippen LogP contribution in [0, 0.1) is 5.92 Å². The second-order valence-electron chi connectivity index (χ2n) is 5.97. The number of amides is 3. The van der Waals surface area contributed by atoms with Crippen molar-refractivity contribution in [2.75, 3.05) is 11.1 Å². The Kier molecular flexibility index (Phi) is 6.85. The van der Waals surface area contributed by atoms with Crippen molar-refractivity contribution in [2.24, 2.45) is 5.92 Å². The van der Waals surface area contributed by atoms with Gasteiger partial charge < -0.3 is 5.32 Å². The van der Waals surface area contributed by atoms with E-state index in [1.54, 1.807) is 0 Å². The van der Waals surface area contributed by atoms with Crippen LogP contribution < -0.4 is 5.32 Å². The maximum absolute atomic E-state index is 12.3. The maximum Gasteiger partial charge on any atom is 0.289 e. The molecule has 1 aromatic rings. The van der Waals surface area contributed by atoms with Gasteiger partial charge in [-0.15, -0.1) is 0 Å². The minimum atomic E-state index is -0.195. The van der Waals surface area contributed by atoms with Crippen LogP contribution in [0.5, 0.6) is 0 Å². The topological polar surface area (TPSA) is 66.5 Å². The van der Waals surface area contributed by atoms with Crippen LogP contribution in [0.1, 0.15) is 45.1 Å². The van der Waals surface area contributed by atoms with E-state index in [2.05, 4.69) is 12.2 Å². The van der Waals surface area contributed by atoms with Crippen molar-refractivity contribution >= 4 is 34.5 Å². The van der Waals surface area contributed by atoms with E-state index >= 15 is 0 Å². The Morgan fingerprint density at radius 2 is 1.96 bits per heavy atom. The molecular weight excluding hydrogens is 324 g/mol. The van der Waals surface area contributed by atoms with Gasteiger partial charge in [0.1, 0.15) is 0 Å². The van der Waals surface area contributed by atoms with Crippen molar-refractivity contribution < 1.29 is 14.4 Å². The second-order valence-corrected chi connectivity index (χ2v) is 6.89. The Morgan fingerprint density at radius 3 is 2.50 bits per heavy atom. The van der Waals surface area contributed by atoms with E-state index in [9.17, 15) is 14.4 Å². The van der Waals surface area contributed by atoms with Gasteiger partial charge in [0.05, 0.1) is 12.3 Å². The van der Waals surface area contributed by atoms with E-state index < -0.39 is 0 Å². The number of imide groups is 1. The number of rotatable bonds is 8. The molecule has 2 rings (SSSR count). The number of nitrogens with zero attached hydrogens (tertiary/aromatic N) is 1. The summed E-state index contributed by atoms with van der Waals surface area (Å²) in [6, 6.07) is 7.31. The fraction of sp³-hybridized carbons (Fsp3) is 0.500. The molecule has 0 aliphatic carbocycles.